The maximum Gasteiger partial charge on any atom is 0.573 e. The number of rotatable bonds is 6. The summed E-state index contributed by atoms with van der Waals surface area (Å²) in [4.78, 5) is 0. The van der Waals surface area contributed by atoms with Crippen LogP contribution < -0.4 is 10.5 Å². The van der Waals surface area contributed by atoms with Crippen molar-refractivity contribution in [2.45, 2.75) is 25.1 Å². The molecule has 3 rings (SSSR count). The Hall–Kier alpha value is -2.88. The molecule has 0 saturated carbocycles. The van der Waals surface area contributed by atoms with Gasteiger partial charge < -0.3 is 10.5 Å². The Morgan fingerprint density at radius 2 is 1.75 bits per heavy atom. The Labute approximate surface area is 162 Å². The van der Waals surface area contributed by atoms with E-state index in [4.69, 9.17) is 5.73 Å². The van der Waals surface area contributed by atoms with Gasteiger partial charge >= 0.3 is 6.36 Å². The quantitative estimate of drug-likeness (QED) is 0.679. The summed E-state index contributed by atoms with van der Waals surface area (Å²) in [7, 11) is 0. The summed E-state index contributed by atoms with van der Waals surface area (Å²) in [6, 6.07) is 14.0. The zero-order chi connectivity index (χ0) is 20.2. The average Bonchev–Trinajstić information content (AvgIpc) is 2.66. The molecule has 1 aliphatic carbocycles. The third kappa shape index (κ3) is 4.50. The topological polar surface area (TPSA) is 35.2 Å². The first-order chi connectivity index (χ1) is 13.3. The van der Waals surface area contributed by atoms with Crippen LogP contribution in [0.5, 0.6) is 5.75 Å². The lowest BCUT2D eigenvalue weighted by Gasteiger charge is -2.33. The third-order valence-corrected chi connectivity index (χ3v) is 4.82. The molecule has 2 aromatic carbocycles. The van der Waals surface area contributed by atoms with Crippen molar-refractivity contribution >= 4 is 0 Å². The molecule has 0 bridgehead atoms. The van der Waals surface area contributed by atoms with Gasteiger partial charge in [0.1, 0.15) is 17.9 Å². The summed E-state index contributed by atoms with van der Waals surface area (Å²) in [5.41, 5.74) is 9.24. The number of aryl methyl sites for hydroxylation is 1. The fraction of sp³-hybridized carbons (Fsp3) is 0.217. The number of allylic oxidation sites excluding steroid dienone is 6. The molecule has 1 unspecified atom stereocenters. The molecule has 0 radical (unpaired) electrons. The zero-order valence-electron chi connectivity index (χ0n) is 15.5. The summed E-state index contributed by atoms with van der Waals surface area (Å²) in [5, 5.41) is 0. The Balaban J connectivity index is 2.13. The number of alkyl halides is 3. The van der Waals surface area contributed by atoms with E-state index in [0.29, 0.717) is 12.0 Å². The minimum Gasteiger partial charge on any atom is -0.406 e. The van der Waals surface area contributed by atoms with E-state index in [2.05, 4.69) is 10.8 Å². The smallest absolute Gasteiger partial charge is 0.406 e. The van der Waals surface area contributed by atoms with Gasteiger partial charge in [0.15, 0.2) is 0 Å². The Morgan fingerprint density at radius 1 is 1.04 bits per heavy atom. The largest absolute Gasteiger partial charge is 0.573 e. The maximum absolute atomic E-state index is 12.7. The number of hydrogen-bond donors (Lipinski definition) is 1. The van der Waals surface area contributed by atoms with Gasteiger partial charge in [-0.1, -0.05) is 42.0 Å². The highest BCUT2D eigenvalue weighted by atomic mass is 19.4. The molecule has 5 heteroatoms. The van der Waals surface area contributed by atoms with E-state index in [1.807, 2.05) is 49.4 Å². The lowest BCUT2D eigenvalue weighted by Crippen LogP contribution is -2.37. The zero-order valence-corrected chi connectivity index (χ0v) is 15.5. The third-order valence-electron chi connectivity index (χ3n) is 4.82. The van der Waals surface area contributed by atoms with E-state index >= 15 is 0 Å². The van der Waals surface area contributed by atoms with Crippen LogP contribution in [0.3, 0.4) is 0 Å². The number of halogens is 3. The summed E-state index contributed by atoms with van der Waals surface area (Å²) >= 11 is 0. The molecule has 1 aliphatic rings. The van der Waals surface area contributed by atoms with E-state index in [9.17, 15) is 13.2 Å². The Bertz CT molecular complexity index is 927. The molecule has 0 aliphatic heterocycles. The molecule has 28 heavy (non-hydrogen) atoms. The molecule has 0 aromatic heterocycles. The highest BCUT2D eigenvalue weighted by Gasteiger charge is 2.37. The van der Waals surface area contributed by atoms with Gasteiger partial charge in [-0.05, 0) is 30.2 Å². The molecule has 0 heterocycles. The predicted molar refractivity (Wildman–Crippen MR) is 104 cm³/mol. The first kappa shape index (κ1) is 19.9. The van der Waals surface area contributed by atoms with Crippen molar-refractivity contribution in [2.24, 2.45) is 5.73 Å². The predicted octanol–water partition coefficient (Wildman–Crippen LogP) is 5.38. The van der Waals surface area contributed by atoms with Crippen molar-refractivity contribution in [3.63, 3.8) is 0 Å². The monoisotopic (exact) mass is 384 g/mol. The molecular formula is C23H21F3NO+. The van der Waals surface area contributed by atoms with Crippen molar-refractivity contribution in [3.05, 3.63) is 101 Å². The summed E-state index contributed by atoms with van der Waals surface area (Å²) in [6.45, 7) is 2.20. The fourth-order valence-corrected chi connectivity index (χ4v) is 3.50. The van der Waals surface area contributed by atoms with Gasteiger partial charge in [-0.3, -0.25) is 0 Å². The first-order valence-corrected chi connectivity index (χ1v) is 8.91. The van der Waals surface area contributed by atoms with Crippen LogP contribution in [0.2, 0.25) is 0 Å². The molecule has 0 amide bonds. The van der Waals surface area contributed by atoms with E-state index in [-0.39, 0.29) is 12.3 Å². The van der Waals surface area contributed by atoms with E-state index in [1.54, 1.807) is 18.2 Å². The molecule has 0 fully saturated rings. The van der Waals surface area contributed by atoms with Crippen molar-refractivity contribution in [2.75, 3.05) is 6.54 Å². The second-order valence-electron chi connectivity index (χ2n) is 6.82. The molecule has 1 atom stereocenters. The lowest BCUT2D eigenvalue weighted by molar-refractivity contribution is -0.274. The molecular weight excluding hydrogens is 363 g/mol. The van der Waals surface area contributed by atoms with Crippen LogP contribution in [0.1, 0.15) is 23.1 Å². The summed E-state index contributed by atoms with van der Waals surface area (Å²) in [6.07, 6.45) is 6.35. The average molecular weight is 384 g/mol. The van der Waals surface area contributed by atoms with Gasteiger partial charge in [-0.15, -0.1) is 13.2 Å². The summed E-state index contributed by atoms with van der Waals surface area (Å²) in [5.74, 6) is -0.255. The van der Waals surface area contributed by atoms with Crippen molar-refractivity contribution in [1.82, 2.24) is 0 Å². The second kappa shape index (κ2) is 8.01. The molecule has 2 aromatic rings. The minimum atomic E-state index is -4.75. The minimum absolute atomic E-state index is 0.223. The van der Waals surface area contributed by atoms with Gasteiger partial charge in [0, 0.05) is 30.5 Å². The van der Waals surface area contributed by atoms with Crippen LogP contribution in [-0.2, 0) is 5.41 Å². The Kier molecular flexibility index (Phi) is 5.68. The normalized spacial score (nSPS) is 15.5. The van der Waals surface area contributed by atoms with Crippen LogP contribution >= 0.6 is 0 Å². The van der Waals surface area contributed by atoms with E-state index in [0.717, 1.165) is 16.7 Å². The lowest BCUT2D eigenvalue weighted by atomic mass is 9.69. The number of ether oxygens (including phenoxy) is 1. The van der Waals surface area contributed by atoms with Gasteiger partial charge in [0.05, 0.1) is 11.6 Å². The molecule has 0 saturated heterocycles. The first-order valence-electron chi connectivity index (χ1n) is 8.91. The second-order valence-corrected chi connectivity index (χ2v) is 6.82. The number of nitrogens with two attached hydrogens (primary N) is 1. The van der Waals surface area contributed by atoms with Gasteiger partial charge in [-0.25, -0.2) is 0 Å². The van der Waals surface area contributed by atoms with Crippen LogP contribution in [0, 0.1) is 13.0 Å². The standard InChI is InChI=1S/C23H21F3NO/c1-17-7-5-10-19(13-17)22(16-27,15-18-8-3-2-4-9-18)20-11-6-12-21(14-20)28-23(24,25)26/h2-3,5-14H,15-16,27H2,1H3/q+1. The van der Waals surface area contributed by atoms with E-state index in [1.165, 1.54) is 12.1 Å². The highest BCUT2D eigenvalue weighted by molar-refractivity contribution is 5.47. The van der Waals surface area contributed by atoms with Gasteiger partial charge in [0.25, 0.3) is 0 Å². The SMILES string of the molecule is Cc1cccc(C(CN)(CC2=CC=C[C+]=C2)c2cccc(OC(F)(F)F)c2)c1. The van der Waals surface area contributed by atoms with Crippen LogP contribution in [-0.4, -0.2) is 12.9 Å². The van der Waals surface area contributed by atoms with E-state index < -0.39 is 11.8 Å². The molecule has 2 nitrogen and oxygen atoms in total. The van der Waals surface area contributed by atoms with Crippen molar-refractivity contribution in [3.8, 4) is 5.75 Å². The number of benzene rings is 2. The molecule has 144 valence electrons. The fourth-order valence-electron chi connectivity index (χ4n) is 3.50. The van der Waals surface area contributed by atoms with Crippen LogP contribution in [0.15, 0.2) is 78.4 Å². The van der Waals surface area contributed by atoms with Crippen LogP contribution in [0.25, 0.3) is 0 Å². The molecule has 0 spiro atoms. The van der Waals surface area contributed by atoms with Gasteiger partial charge in [0.2, 0.25) is 0 Å². The van der Waals surface area contributed by atoms with Crippen molar-refractivity contribution < 1.29 is 17.9 Å². The number of hydrogen-bond acceptors (Lipinski definition) is 2. The van der Waals surface area contributed by atoms with Crippen molar-refractivity contribution in [1.29, 1.82) is 0 Å². The van der Waals surface area contributed by atoms with Crippen LogP contribution in [0.4, 0.5) is 13.2 Å². The maximum atomic E-state index is 12.7. The summed E-state index contributed by atoms with van der Waals surface area (Å²) < 4.78 is 42.3. The highest BCUT2D eigenvalue weighted by Crippen LogP contribution is 2.40. The Morgan fingerprint density at radius 3 is 2.36 bits per heavy atom. The molecule has 2 N–H and O–H groups in total. The van der Waals surface area contributed by atoms with Gasteiger partial charge in [-0.2, -0.15) is 0 Å².